The first-order valence-corrected chi connectivity index (χ1v) is 5.46. The summed E-state index contributed by atoms with van der Waals surface area (Å²) in [6.07, 6.45) is 0. The Morgan fingerprint density at radius 3 is 1.75 bits per heavy atom. The zero-order valence-electron chi connectivity index (χ0n) is 11.2. The number of benzene rings is 1. The summed E-state index contributed by atoms with van der Waals surface area (Å²) < 4.78 is 0. The van der Waals surface area contributed by atoms with Gasteiger partial charge in [0.15, 0.2) is 0 Å². The molecular formula is C14H22OTi. The molecule has 1 aromatic carbocycles. The molecule has 0 amide bonds. The maximum absolute atomic E-state index is 9.84. The number of hydrogen-bond donors (Lipinski definition) is 1. The predicted molar refractivity (Wildman–Crippen MR) is 65.5 cm³/mol. The van der Waals surface area contributed by atoms with Gasteiger partial charge in [0.1, 0.15) is 5.75 Å². The Balaban J connectivity index is 0.00000225. The molecule has 0 atom stereocenters. The molecule has 0 saturated carbocycles. The van der Waals surface area contributed by atoms with Gasteiger partial charge < -0.3 is 5.11 Å². The Labute approximate surface area is 114 Å². The van der Waals surface area contributed by atoms with Crippen molar-refractivity contribution in [1.82, 2.24) is 0 Å². The minimum Gasteiger partial charge on any atom is -0.508 e. The van der Waals surface area contributed by atoms with E-state index in [0.29, 0.717) is 5.75 Å². The second kappa shape index (κ2) is 4.93. The number of hydrogen-bond acceptors (Lipinski definition) is 1. The minimum atomic E-state index is -0.00859. The average molecular weight is 254 g/mol. The summed E-state index contributed by atoms with van der Waals surface area (Å²) in [6.45, 7) is 12.9. The van der Waals surface area contributed by atoms with Gasteiger partial charge in [0.05, 0.1) is 0 Å². The molecule has 0 unspecified atom stereocenters. The molecular weight excluding hydrogens is 232 g/mol. The Bertz CT molecular complexity index is 356. The standard InChI is InChI=1S/C14H22O.Ti/c1-13(2,3)10-7-8-12(15)11(9-10)14(4,5)6;/h7-9,15H,1-6H3;. The van der Waals surface area contributed by atoms with Crippen molar-refractivity contribution in [1.29, 1.82) is 0 Å². The van der Waals surface area contributed by atoms with Crippen molar-refractivity contribution in [2.24, 2.45) is 0 Å². The zero-order valence-corrected chi connectivity index (χ0v) is 12.7. The minimum absolute atomic E-state index is 0. The molecule has 0 aliphatic carbocycles. The van der Waals surface area contributed by atoms with E-state index < -0.39 is 0 Å². The van der Waals surface area contributed by atoms with Crippen LogP contribution in [0, 0.1) is 0 Å². The molecule has 1 N–H and O–H groups in total. The Kier molecular flexibility index (Phi) is 4.85. The smallest absolute Gasteiger partial charge is 0.119 e. The molecule has 1 nitrogen and oxygen atoms in total. The van der Waals surface area contributed by atoms with Crippen LogP contribution in [0.5, 0.6) is 5.75 Å². The van der Waals surface area contributed by atoms with E-state index in [9.17, 15) is 5.11 Å². The molecule has 0 saturated heterocycles. The quantitative estimate of drug-likeness (QED) is 0.694. The molecule has 0 heterocycles. The summed E-state index contributed by atoms with van der Waals surface area (Å²) in [5.41, 5.74) is 2.42. The SMILES string of the molecule is CC(C)(C)c1ccc(O)c(C(C)(C)C)c1.[Ti]. The van der Waals surface area contributed by atoms with Crippen LogP contribution in [0.4, 0.5) is 0 Å². The van der Waals surface area contributed by atoms with E-state index in [1.165, 1.54) is 5.56 Å². The van der Waals surface area contributed by atoms with Crippen LogP contribution in [-0.2, 0) is 32.5 Å². The van der Waals surface area contributed by atoms with Crippen molar-refractivity contribution in [3.8, 4) is 5.75 Å². The molecule has 0 aromatic heterocycles. The molecule has 0 aliphatic heterocycles. The maximum atomic E-state index is 9.84. The van der Waals surface area contributed by atoms with Gasteiger partial charge in [0.2, 0.25) is 0 Å². The summed E-state index contributed by atoms with van der Waals surface area (Å²) >= 11 is 0. The first-order valence-electron chi connectivity index (χ1n) is 5.46. The molecule has 16 heavy (non-hydrogen) atoms. The van der Waals surface area contributed by atoms with Gasteiger partial charge in [-0.25, -0.2) is 0 Å². The Morgan fingerprint density at radius 1 is 0.875 bits per heavy atom. The molecule has 2 heteroatoms. The van der Waals surface area contributed by atoms with Gasteiger partial charge in [-0.1, -0.05) is 53.7 Å². The Hall–Kier alpha value is -0.266. The fourth-order valence-corrected chi connectivity index (χ4v) is 1.60. The maximum Gasteiger partial charge on any atom is 0.119 e. The fourth-order valence-electron chi connectivity index (χ4n) is 1.60. The molecule has 0 radical (unpaired) electrons. The fraction of sp³-hybridized carbons (Fsp3) is 0.571. The van der Waals surface area contributed by atoms with Crippen LogP contribution in [-0.4, -0.2) is 5.11 Å². The van der Waals surface area contributed by atoms with Crippen LogP contribution >= 0.6 is 0 Å². The molecule has 0 fully saturated rings. The van der Waals surface area contributed by atoms with Gasteiger partial charge in [-0.15, -0.1) is 0 Å². The molecule has 0 bridgehead atoms. The second-order valence-electron chi connectivity index (χ2n) is 6.23. The van der Waals surface area contributed by atoms with Crippen LogP contribution in [0.15, 0.2) is 18.2 Å². The molecule has 1 rings (SSSR count). The van der Waals surface area contributed by atoms with Gasteiger partial charge >= 0.3 is 0 Å². The Morgan fingerprint density at radius 2 is 1.38 bits per heavy atom. The predicted octanol–water partition coefficient (Wildman–Crippen LogP) is 3.98. The largest absolute Gasteiger partial charge is 0.508 e. The molecule has 1 aromatic rings. The van der Waals surface area contributed by atoms with Crippen molar-refractivity contribution < 1.29 is 26.8 Å². The van der Waals surface area contributed by atoms with Crippen molar-refractivity contribution in [3.63, 3.8) is 0 Å². The van der Waals surface area contributed by atoms with Gasteiger partial charge in [-0.2, -0.15) is 0 Å². The van der Waals surface area contributed by atoms with Crippen LogP contribution < -0.4 is 0 Å². The summed E-state index contributed by atoms with van der Waals surface area (Å²) in [7, 11) is 0. The monoisotopic (exact) mass is 254 g/mol. The van der Waals surface area contributed by atoms with E-state index in [1.54, 1.807) is 6.07 Å². The number of phenolic OH excluding ortho intramolecular Hbond substituents is 1. The van der Waals surface area contributed by atoms with Crippen LogP contribution in [0.1, 0.15) is 52.7 Å². The summed E-state index contributed by atoms with van der Waals surface area (Å²) in [4.78, 5) is 0. The summed E-state index contributed by atoms with van der Waals surface area (Å²) in [5.74, 6) is 0.399. The molecule has 88 valence electrons. The first-order chi connectivity index (χ1) is 6.62. The van der Waals surface area contributed by atoms with Crippen molar-refractivity contribution >= 4 is 0 Å². The van der Waals surface area contributed by atoms with E-state index in [0.717, 1.165) is 5.56 Å². The third-order valence-electron chi connectivity index (χ3n) is 2.67. The third-order valence-corrected chi connectivity index (χ3v) is 2.67. The van der Waals surface area contributed by atoms with E-state index >= 15 is 0 Å². The van der Waals surface area contributed by atoms with Gasteiger partial charge in [-0.05, 0) is 28.0 Å². The number of phenols is 1. The molecule has 0 aliphatic rings. The third kappa shape index (κ3) is 3.64. The van der Waals surface area contributed by atoms with Crippen molar-refractivity contribution in [2.45, 2.75) is 52.4 Å². The summed E-state index contributed by atoms with van der Waals surface area (Å²) in [6, 6.07) is 5.93. The topological polar surface area (TPSA) is 20.2 Å². The zero-order chi connectivity index (χ0) is 11.9. The van der Waals surface area contributed by atoms with Crippen LogP contribution in [0.25, 0.3) is 0 Å². The first kappa shape index (κ1) is 15.7. The van der Waals surface area contributed by atoms with Gasteiger partial charge in [0.25, 0.3) is 0 Å². The van der Waals surface area contributed by atoms with E-state index in [-0.39, 0.29) is 32.5 Å². The normalized spacial score (nSPS) is 12.1. The number of rotatable bonds is 0. The van der Waals surface area contributed by atoms with E-state index in [2.05, 4.69) is 47.6 Å². The van der Waals surface area contributed by atoms with Gasteiger partial charge in [-0.3, -0.25) is 0 Å². The van der Waals surface area contributed by atoms with Crippen molar-refractivity contribution in [3.05, 3.63) is 29.3 Å². The van der Waals surface area contributed by atoms with E-state index in [1.807, 2.05) is 6.07 Å². The second-order valence-corrected chi connectivity index (χ2v) is 6.23. The molecule has 0 spiro atoms. The number of aromatic hydroxyl groups is 1. The van der Waals surface area contributed by atoms with Crippen LogP contribution in [0.3, 0.4) is 0 Å². The average Bonchev–Trinajstić information content (AvgIpc) is 2.00. The van der Waals surface area contributed by atoms with Crippen molar-refractivity contribution in [2.75, 3.05) is 0 Å². The summed E-state index contributed by atoms with van der Waals surface area (Å²) in [5, 5.41) is 9.84. The van der Waals surface area contributed by atoms with Gasteiger partial charge in [0, 0.05) is 21.7 Å². The van der Waals surface area contributed by atoms with E-state index in [4.69, 9.17) is 0 Å². The van der Waals surface area contributed by atoms with Crippen LogP contribution in [0.2, 0.25) is 0 Å².